The second-order valence-corrected chi connectivity index (χ2v) is 7.01. The molecule has 0 unspecified atom stereocenters. The molecule has 0 bridgehead atoms. The van der Waals surface area contributed by atoms with E-state index in [2.05, 4.69) is 19.7 Å². The van der Waals surface area contributed by atoms with E-state index in [1.807, 2.05) is 0 Å². The first-order valence-corrected chi connectivity index (χ1v) is 8.36. The van der Waals surface area contributed by atoms with Gasteiger partial charge in [-0.1, -0.05) is 35.3 Å². The van der Waals surface area contributed by atoms with Crippen molar-refractivity contribution in [3.8, 4) is 0 Å². The largest absolute Gasteiger partial charge is 0.243 e. The van der Waals surface area contributed by atoms with Crippen LogP contribution < -0.4 is 4.72 Å². The zero-order valence-corrected chi connectivity index (χ0v) is 13.3. The maximum atomic E-state index is 12.4. The molecule has 0 amide bonds. The Morgan fingerprint density at radius 3 is 2.68 bits per heavy atom. The number of rotatable bonds is 4. The molecule has 1 aromatic heterocycles. The van der Waals surface area contributed by atoms with E-state index in [4.69, 9.17) is 23.2 Å². The third-order valence-corrected chi connectivity index (χ3v) is 5.16. The number of hydrogen-bond donors (Lipinski definition) is 1. The minimum atomic E-state index is -3.77. The Hall–Kier alpha value is -1.67. The van der Waals surface area contributed by atoms with Crippen molar-refractivity contribution >= 4 is 44.3 Å². The second kappa shape index (κ2) is 5.85. The third kappa shape index (κ3) is 2.93. The van der Waals surface area contributed by atoms with E-state index in [-0.39, 0.29) is 17.0 Å². The molecule has 1 N–H and O–H groups in total. The van der Waals surface area contributed by atoms with Gasteiger partial charge in [-0.15, -0.1) is 0 Å². The fraction of sp³-hybridized carbons (Fsp3) is 0.0769. The number of halogens is 2. The fourth-order valence-electron chi connectivity index (χ4n) is 1.90. The van der Waals surface area contributed by atoms with Crippen LogP contribution in [-0.2, 0) is 16.6 Å². The van der Waals surface area contributed by atoms with Crippen molar-refractivity contribution in [2.45, 2.75) is 11.4 Å². The summed E-state index contributed by atoms with van der Waals surface area (Å²) in [6.07, 6.45) is 0. The number of fused-ring (bicyclic) bond motifs is 1. The molecule has 0 fully saturated rings. The van der Waals surface area contributed by atoms with Crippen LogP contribution in [0, 0.1) is 0 Å². The van der Waals surface area contributed by atoms with Crippen molar-refractivity contribution in [2.75, 3.05) is 0 Å². The normalized spacial score (nSPS) is 11.9. The van der Waals surface area contributed by atoms with E-state index in [0.29, 0.717) is 21.1 Å². The molecule has 0 atom stereocenters. The van der Waals surface area contributed by atoms with Crippen LogP contribution in [0.25, 0.3) is 11.0 Å². The minimum absolute atomic E-state index is 0.00584. The molecule has 0 radical (unpaired) electrons. The Bertz CT molecular complexity index is 941. The van der Waals surface area contributed by atoms with Gasteiger partial charge in [-0.05, 0) is 40.1 Å². The molecule has 0 saturated carbocycles. The number of nitrogens with zero attached hydrogens (tertiary/aromatic N) is 2. The average Bonchev–Trinajstić information content (AvgIpc) is 2.97. The molecule has 0 saturated heterocycles. The van der Waals surface area contributed by atoms with Crippen LogP contribution in [0.2, 0.25) is 10.0 Å². The zero-order chi connectivity index (χ0) is 15.7. The smallest absolute Gasteiger partial charge is 0.243 e. The molecule has 0 aliphatic rings. The summed E-state index contributed by atoms with van der Waals surface area (Å²) in [6.45, 7) is 0.0703. The summed E-state index contributed by atoms with van der Waals surface area (Å²) in [6, 6.07) is 9.52. The predicted molar refractivity (Wildman–Crippen MR) is 82.3 cm³/mol. The van der Waals surface area contributed by atoms with Crippen LogP contribution in [0.3, 0.4) is 0 Å². The van der Waals surface area contributed by atoms with E-state index in [0.717, 1.165) is 0 Å². The first-order valence-electron chi connectivity index (χ1n) is 6.12. The van der Waals surface area contributed by atoms with Gasteiger partial charge in [0.25, 0.3) is 0 Å². The molecular weight excluding hydrogens is 349 g/mol. The molecule has 0 aliphatic heterocycles. The van der Waals surface area contributed by atoms with E-state index in [1.165, 1.54) is 6.07 Å². The molecule has 114 valence electrons. The summed E-state index contributed by atoms with van der Waals surface area (Å²) in [5.41, 5.74) is 1.24. The average molecular weight is 358 g/mol. The topological polar surface area (TPSA) is 85.1 Å². The van der Waals surface area contributed by atoms with Crippen molar-refractivity contribution < 1.29 is 13.0 Å². The second-order valence-electron chi connectivity index (χ2n) is 4.46. The number of nitrogens with one attached hydrogen (secondary N) is 1. The number of hydrogen-bond acceptors (Lipinski definition) is 5. The van der Waals surface area contributed by atoms with Gasteiger partial charge < -0.3 is 0 Å². The highest BCUT2D eigenvalue weighted by atomic mass is 35.5. The van der Waals surface area contributed by atoms with Crippen LogP contribution in [0.1, 0.15) is 5.56 Å². The Labute approximate surface area is 136 Å². The van der Waals surface area contributed by atoms with Crippen molar-refractivity contribution in [1.29, 1.82) is 0 Å². The number of benzene rings is 2. The Kier molecular flexibility index (Phi) is 4.05. The first-order chi connectivity index (χ1) is 10.5. The highest BCUT2D eigenvalue weighted by molar-refractivity contribution is 7.89. The van der Waals surface area contributed by atoms with E-state index in [9.17, 15) is 8.42 Å². The Balaban J connectivity index is 1.87. The quantitative estimate of drug-likeness (QED) is 0.775. The van der Waals surface area contributed by atoms with Crippen molar-refractivity contribution in [3.05, 3.63) is 52.0 Å². The summed E-state index contributed by atoms with van der Waals surface area (Å²) >= 11 is 11.7. The minimum Gasteiger partial charge on any atom is -0.243 e. The van der Waals surface area contributed by atoms with Crippen molar-refractivity contribution in [3.63, 3.8) is 0 Å². The van der Waals surface area contributed by atoms with Gasteiger partial charge in [-0.3, -0.25) is 0 Å². The molecule has 0 aliphatic carbocycles. The summed E-state index contributed by atoms with van der Waals surface area (Å²) in [5.74, 6) is 0. The van der Waals surface area contributed by atoms with Crippen molar-refractivity contribution in [1.82, 2.24) is 15.0 Å². The van der Waals surface area contributed by atoms with Gasteiger partial charge in [-0.25, -0.2) is 17.8 Å². The van der Waals surface area contributed by atoms with Gasteiger partial charge in [0.1, 0.15) is 10.4 Å². The Morgan fingerprint density at radius 2 is 1.91 bits per heavy atom. The lowest BCUT2D eigenvalue weighted by molar-refractivity contribution is 0.315. The van der Waals surface area contributed by atoms with E-state index < -0.39 is 10.0 Å². The zero-order valence-electron chi connectivity index (χ0n) is 11.0. The van der Waals surface area contributed by atoms with E-state index >= 15 is 0 Å². The van der Waals surface area contributed by atoms with Gasteiger partial charge in [0.05, 0.1) is 10.0 Å². The molecule has 22 heavy (non-hydrogen) atoms. The lowest BCUT2D eigenvalue weighted by Gasteiger charge is -2.07. The van der Waals surface area contributed by atoms with Gasteiger partial charge in [0, 0.05) is 6.54 Å². The maximum absolute atomic E-state index is 12.4. The highest BCUT2D eigenvalue weighted by Crippen LogP contribution is 2.23. The molecule has 3 rings (SSSR count). The monoisotopic (exact) mass is 357 g/mol. The SMILES string of the molecule is O=S(=O)(NCc1ccc(Cl)c(Cl)c1)c1cccc2nonc12. The summed E-state index contributed by atoms with van der Waals surface area (Å²) < 4.78 is 31.8. The van der Waals surface area contributed by atoms with Crippen LogP contribution in [-0.4, -0.2) is 18.7 Å². The molecule has 0 spiro atoms. The molecule has 1 heterocycles. The van der Waals surface area contributed by atoms with Crippen LogP contribution in [0.15, 0.2) is 45.9 Å². The number of aromatic nitrogens is 2. The Morgan fingerprint density at radius 1 is 1.09 bits per heavy atom. The maximum Gasteiger partial charge on any atom is 0.243 e. The van der Waals surface area contributed by atoms with Crippen LogP contribution in [0.5, 0.6) is 0 Å². The van der Waals surface area contributed by atoms with Gasteiger partial charge in [0.2, 0.25) is 10.0 Å². The lowest BCUT2D eigenvalue weighted by Crippen LogP contribution is -2.23. The lowest BCUT2D eigenvalue weighted by atomic mass is 10.2. The predicted octanol–water partition coefficient (Wildman–Crippen LogP) is 3.01. The van der Waals surface area contributed by atoms with Crippen LogP contribution in [0.4, 0.5) is 0 Å². The first kappa shape index (κ1) is 15.2. The summed E-state index contributed by atoms with van der Waals surface area (Å²) in [5, 5.41) is 8.02. The summed E-state index contributed by atoms with van der Waals surface area (Å²) in [4.78, 5) is 0.00584. The van der Waals surface area contributed by atoms with Gasteiger partial charge in [0.15, 0.2) is 5.52 Å². The number of sulfonamides is 1. The summed E-state index contributed by atoms with van der Waals surface area (Å²) in [7, 11) is -3.77. The van der Waals surface area contributed by atoms with Crippen LogP contribution >= 0.6 is 23.2 Å². The molecule has 6 nitrogen and oxygen atoms in total. The molecular formula is C13H9Cl2N3O3S. The third-order valence-electron chi connectivity index (χ3n) is 2.99. The molecule has 9 heteroatoms. The fourth-order valence-corrected chi connectivity index (χ4v) is 3.39. The molecule has 2 aromatic carbocycles. The highest BCUT2D eigenvalue weighted by Gasteiger charge is 2.20. The van der Waals surface area contributed by atoms with Gasteiger partial charge in [-0.2, -0.15) is 0 Å². The standard InChI is InChI=1S/C13H9Cl2N3O3S/c14-9-5-4-8(6-10(9)15)7-16-22(19,20)12-3-1-2-11-13(12)18-21-17-11/h1-6,16H,7H2. The van der Waals surface area contributed by atoms with Crippen molar-refractivity contribution in [2.24, 2.45) is 0 Å². The van der Waals surface area contributed by atoms with E-state index in [1.54, 1.807) is 30.3 Å². The molecule has 3 aromatic rings. The van der Waals surface area contributed by atoms with Gasteiger partial charge >= 0.3 is 0 Å².